The summed E-state index contributed by atoms with van der Waals surface area (Å²) in [5, 5.41) is 7.06. The van der Waals surface area contributed by atoms with Crippen molar-refractivity contribution in [3.05, 3.63) is 47.4 Å². The number of anilines is 2. The highest BCUT2D eigenvalue weighted by Gasteiger charge is 2.43. The molecule has 1 aliphatic heterocycles. The number of rotatable bonds is 7. The fourth-order valence-electron chi connectivity index (χ4n) is 4.91. The molecule has 36 heavy (non-hydrogen) atoms. The van der Waals surface area contributed by atoms with Gasteiger partial charge < -0.3 is 19.7 Å². The highest BCUT2D eigenvalue weighted by molar-refractivity contribution is 6.30. The van der Waals surface area contributed by atoms with Crippen LogP contribution in [0.25, 0.3) is 0 Å². The molecule has 0 unspecified atom stereocenters. The monoisotopic (exact) mass is 526 g/mol. The van der Waals surface area contributed by atoms with Gasteiger partial charge in [-0.05, 0) is 42.9 Å². The van der Waals surface area contributed by atoms with E-state index < -0.39 is 18.5 Å². The first-order chi connectivity index (χ1) is 17.2. The number of benzene rings is 1. The van der Waals surface area contributed by atoms with Gasteiger partial charge in [0.15, 0.2) is 0 Å². The van der Waals surface area contributed by atoms with Gasteiger partial charge in [0.2, 0.25) is 11.8 Å². The van der Waals surface area contributed by atoms with Crippen LogP contribution in [0.2, 0.25) is 5.02 Å². The quantitative estimate of drug-likeness (QED) is 0.426. The third-order valence-electron chi connectivity index (χ3n) is 6.49. The maximum absolute atomic E-state index is 13.5. The minimum absolute atomic E-state index is 0.000153. The second kappa shape index (κ2) is 9.64. The highest BCUT2D eigenvalue weighted by atomic mass is 35.5. The topological polar surface area (TPSA) is 77.3 Å². The third kappa shape index (κ3) is 5.28. The molecule has 2 aliphatic rings. The molecule has 2 aromatic heterocycles. The molecular weight excluding hydrogens is 504 g/mol. The molecule has 3 atom stereocenters. The lowest BCUT2D eigenvalue weighted by Crippen LogP contribution is -2.48. The molecule has 2 bridgehead atoms. The molecule has 0 radical (unpaired) electrons. The predicted molar refractivity (Wildman–Crippen MR) is 124 cm³/mol. The van der Waals surface area contributed by atoms with Crippen LogP contribution in [0.4, 0.5) is 29.2 Å². The molecule has 3 aromatic rings. The fourth-order valence-corrected chi connectivity index (χ4v) is 5.08. The van der Waals surface area contributed by atoms with Crippen molar-refractivity contribution in [3.63, 3.8) is 0 Å². The number of ether oxygens (including phenoxy) is 2. The molecule has 13 heteroatoms. The molecule has 1 aromatic carbocycles. The van der Waals surface area contributed by atoms with Crippen LogP contribution in [0, 0.1) is 17.7 Å². The average Bonchev–Trinajstić information content (AvgIpc) is 3.29. The molecule has 2 fully saturated rings. The molecule has 192 valence electrons. The second-order valence-electron chi connectivity index (χ2n) is 8.90. The molecule has 1 aliphatic carbocycles. The molecule has 1 N–H and O–H groups in total. The standard InChI is InChI=1S/C23H23ClF4N6O2/c1-35-19-8-15(6-7-29-19)33-10-13-2-3-14(11-33)20(13)30-21-31-22(34(32-21)12-23(26,27)28)36-16-4-5-18(25)17(24)9-16/h4-9,13-14,20H,2-3,10-12H2,1H3,(H,30,32)/t13-,14+,20-. The number of hydrogen-bond donors (Lipinski definition) is 1. The van der Waals surface area contributed by atoms with Crippen LogP contribution < -0.4 is 19.7 Å². The number of halogens is 5. The molecule has 0 amide bonds. The van der Waals surface area contributed by atoms with Crippen molar-refractivity contribution >= 4 is 23.2 Å². The zero-order valence-corrected chi connectivity index (χ0v) is 19.9. The fraction of sp³-hybridized carbons (Fsp3) is 0.435. The van der Waals surface area contributed by atoms with Crippen molar-refractivity contribution in [1.29, 1.82) is 0 Å². The van der Waals surface area contributed by atoms with Crippen LogP contribution in [0.1, 0.15) is 12.8 Å². The number of hydrogen-bond acceptors (Lipinski definition) is 7. The number of methoxy groups -OCH3 is 1. The van der Waals surface area contributed by atoms with Gasteiger partial charge in [0.25, 0.3) is 0 Å². The summed E-state index contributed by atoms with van der Waals surface area (Å²) in [6, 6.07) is 6.93. The zero-order valence-electron chi connectivity index (χ0n) is 19.2. The van der Waals surface area contributed by atoms with Gasteiger partial charge in [-0.2, -0.15) is 18.2 Å². The van der Waals surface area contributed by atoms with Crippen molar-refractivity contribution < 1.29 is 27.0 Å². The van der Waals surface area contributed by atoms with Gasteiger partial charge in [0.1, 0.15) is 18.1 Å². The summed E-state index contributed by atoms with van der Waals surface area (Å²) < 4.78 is 64.4. The van der Waals surface area contributed by atoms with Crippen LogP contribution in [0.15, 0.2) is 36.5 Å². The van der Waals surface area contributed by atoms with Gasteiger partial charge in [0.05, 0.1) is 12.1 Å². The highest BCUT2D eigenvalue weighted by Crippen LogP contribution is 2.40. The normalized spacial score (nSPS) is 21.5. The Balaban J connectivity index is 1.34. The second-order valence-corrected chi connectivity index (χ2v) is 9.31. The number of aromatic nitrogens is 4. The first kappa shape index (κ1) is 24.4. The van der Waals surface area contributed by atoms with Crippen molar-refractivity contribution in [1.82, 2.24) is 19.7 Å². The molecule has 3 heterocycles. The van der Waals surface area contributed by atoms with Crippen LogP contribution in [-0.4, -0.2) is 52.2 Å². The number of nitrogens with zero attached hydrogens (tertiary/aromatic N) is 5. The van der Waals surface area contributed by atoms with Gasteiger partial charge >= 0.3 is 12.2 Å². The summed E-state index contributed by atoms with van der Waals surface area (Å²) in [6.07, 6.45) is -0.892. The summed E-state index contributed by atoms with van der Waals surface area (Å²) in [6.45, 7) is 0.144. The Morgan fingerprint density at radius 2 is 1.89 bits per heavy atom. The van der Waals surface area contributed by atoms with E-state index in [2.05, 4.69) is 25.3 Å². The largest absolute Gasteiger partial charge is 0.481 e. The lowest BCUT2D eigenvalue weighted by atomic mass is 9.92. The summed E-state index contributed by atoms with van der Waals surface area (Å²) in [5.74, 6) is 0.452. The Hall–Kier alpha value is -3.28. The number of pyridine rings is 1. The van der Waals surface area contributed by atoms with Crippen LogP contribution in [-0.2, 0) is 6.54 Å². The maximum atomic E-state index is 13.5. The van der Waals surface area contributed by atoms with Crippen molar-refractivity contribution in [2.75, 3.05) is 30.4 Å². The van der Waals surface area contributed by atoms with Gasteiger partial charge in [-0.15, -0.1) is 5.10 Å². The van der Waals surface area contributed by atoms with E-state index in [1.54, 1.807) is 13.3 Å². The van der Waals surface area contributed by atoms with E-state index in [1.807, 2.05) is 12.1 Å². The van der Waals surface area contributed by atoms with Gasteiger partial charge in [0, 0.05) is 43.1 Å². The Morgan fingerprint density at radius 3 is 2.56 bits per heavy atom. The predicted octanol–water partition coefficient (Wildman–Crippen LogP) is 5.16. The van der Waals surface area contributed by atoms with E-state index in [1.165, 1.54) is 12.1 Å². The smallest absolute Gasteiger partial charge is 0.408 e. The van der Waals surface area contributed by atoms with Crippen LogP contribution in [0.3, 0.4) is 0 Å². The lowest BCUT2D eigenvalue weighted by Gasteiger charge is -2.39. The van der Waals surface area contributed by atoms with Crippen molar-refractivity contribution in [2.45, 2.75) is 31.6 Å². The van der Waals surface area contributed by atoms with Crippen molar-refractivity contribution in [3.8, 4) is 17.6 Å². The first-order valence-corrected chi connectivity index (χ1v) is 11.7. The van der Waals surface area contributed by atoms with Crippen molar-refractivity contribution in [2.24, 2.45) is 11.8 Å². The van der Waals surface area contributed by atoms with E-state index in [0.29, 0.717) is 10.6 Å². The average molecular weight is 527 g/mol. The molecule has 0 spiro atoms. The number of nitrogens with one attached hydrogen (secondary N) is 1. The summed E-state index contributed by atoms with van der Waals surface area (Å²) in [7, 11) is 1.57. The first-order valence-electron chi connectivity index (χ1n) is 11.3. The van der Waals surface area contributed by atoms with E-state index >= 15 is 0 Å². The molecule has 1 saturated heterocycles. The Labute approximate surface area is 209 Å². The molecule has 8 nitrogen and oxygen atoms in total. The van der Waals surface area contributed by atoms with E-state index in [0.717, 1.165) is 37.7 Å². The lowest BCUT2D eigenvalue weighted by molar-refractivity contribution is -0.143. The van der Waals surface area contributed by atoms with Gasteiger partial charge in [-0.25, -0.2) is 14.1 Å². The molecular formula is C23H23ClF4N6O2. The summed E-state index contributed by atoms with van der Waals surface area (Å²) >= 11 is 5.77. The molecule has 5 rings (SSSR count). The Morgan fingerprint density at radius 1 is 1.14 bits per heavy atom. The number of fused-ring (bicyclic) bond motifs is 2. The van der Waals surface area contributed by atoms with Crippen LogP contribution >= 0.6 is 11.6 Å². The number of piperidine rings is 1. The SMILES string of the molecule is COc1cc(N2C[C@H]3CC[C@@H](C2)[C@@H]3Nc2nc(Oc3ccc(F)c(Cl)c3)n(CC(F)(F)F)n2)ccn1. The summed E-state index contributed by atoms with van der Waals surface area (Å²) in [5.41, 5.74) is 1.01. The van der Waals surface area contributed by atoms with E-state index in [9.17, 15) is 17.6 Å². The minimum atomic E-state index is -4.54. The zero-order chi connectivity index (χ0) is 25.4. The minimum Gasteiger partial charge on any atom is -0.481 e. The number of alkyl halides is 3. The van der Waals surface area contributed by atoms with Gasteiger partial charge in [-0.3, -0.25) is 0 Å². The van der Waals surface area contributed by atoms with E-state index in [4.69, 9.17) is 21.1 Å². The van der Waals surface area contributed by atoms with E-state index in [-0.39, 0.29) is 40.6 Å². The molecule has 1 saturated carbocycles. The Bertz CT molecular complexity index is 1230. The third-order valence-corrected chi connectivity index (χ3v) is 6.78. The van der Waals surface area contributed by atoms with Gasteiger partial charge in [-0.1, -0.05) is 11.6 Å². The summed E-state index contributed by atoms with van der Waals surface area (Å²) in [4.78, 5) is 10.6. The van der Waals surface area contributed by atoms with Crippen LogP contribution in [0.5, 0.6) is 17.6 Å². The Kier molecular flexibility index (Phi) is 6.54. The maximum Gasteiger partial charge on any atom is 0.408 e.